The third kappa shape index (κ3) is 2.88. The number of rotatable bonds is 1. The maximum Gasteiger partial charge on any atom is 0.354 e. The predicted octanol–water partition coefficient (Wildman–Crippen LogP) is 1.74. The number of H-pyrrole nitrogens is 1. The third-order valence-electron chi connectivity index (χ3n) is 2.15. The van der Waals surface area contributed by atoms with Crippen LogP contribution in [0.4, 0.5) is 0 Å². The minimum Gasteiger partial charge on any atom is -0.477 e. The molecule has 3 rings (SSSR count). The maximum atomic E-state index is 10.6. The molecule has 0 aliphatic heterocycles. The van der Waals surface area contributed by atoms with E-state index in [-0.39, 0.29) is 5.69 Å². The van der Waals surface area contributed by atoms with E-state index < -0.39 is 5.97 Å². The molecule has 6 nitrogen and oxygen atoms in total. The van der Waals surface area contributed by atoms with Crippen LogP contribution in [0.15, 0.2) is 48.8 Å². The molecular formula is C12H10N4O2. The molecule has 0 unspecified atom stereocenters. The number of fused-ring (bicyclic) bond motifs is 1. The summed E-state index contributed by atoms with van der Waals surface area (Å²) in [5.41, 5.74) is 0.793. The first-order chi connectivity index (χ1) is 8.77. The van der Waals surface area contributed by atoms with Gasteiger partial charge in [0.25, 0.3) is 0 Å². The summed E-state index contributed by atoms with van der Waals surface area (Å²) in [5, 5.41) is 18.9. The van der Waals surface area contributed by atoms with E-state index in [0.717, 1.165) is 5.39 Å². The van der Waals surface area contributed by atoms with E-state index in [0.29, 0.717) is 5.52 Å². The van der Waals surface area contributed by atoms with Crippen LogP contribution in [0, 0.1) is 0 Å². The van der Waals surface area contributed by atoms with Crippen LogP contribution in [-0.4, -0.2) is 31.5 Å². The van der Waals surface area contributed by atoms with Gasteiger partial charge in [-0.2, -0.15) is 0 Å². The molecule has 0 radical (unpaired) electrons. The van der Waals surface area contributed by atoms with Crippen LogP contribution in [0.2, 0.25) is 0 Å². The van der Waals surface area contributed by atoms with E-state index in [1.807, 2.05) is 18.2 Å². The molecule has 90 valence electrons. The van der Waals surface area contributed by atoms with E-state index in [9.17, 15) is 4.79 Å². The van der Waals surface area contributed by atoms with Crippen molar-refractivity contribution >= 4 is 16.9 Å². The second-order valence-corrected chi connectivity index (χ2v) is 3.35. The van der Waals surface area contributed by atoms with E-state index >= 15 is 0 Å². The normalized spacial score (nSPS) is 9.56. The van der Waals surface area contributed by atoms with Gasteiger partial charge in [0.15, 0.2) is 0 Å². The molecular weight excluding hydrogens is 232 g/mol. The average molecular weight is 242 g/mol. The zero-order valence-electron chi connectivity index (χ0n) is 9.32. The fourth-order valence-electron chi connectivity index (χ4n) is 1.35. The highest BCUT2D eigenvalue weighted by molar-refractivity contribution is 5.89. The van der Waals surface area contributed by atoms with Crippen molar-refractivity contribution in [2.24, 2.45) is 0 Å². The molecule has 0 aliphatic carbocycles. The van der Waals surface area contributed by atoms with Gasteiger partial charge >= 0.3 is 5.97 Å². The van der Waals surface area contributed by atoms with Crippen molar-refractivity contribution in [3.63, 3.8) is 0 Å². The number of carboxylic acid groups (broad SMARTS) is 1. The van der Waals surface area contributed by atoms with Crippen LogP contribution in [0.3, 0.4) is 0 Å². The highest BCUT2D eigenvalue weighted by atomic mass is 16.4. The van der Waals surface area contributed by atoms with Gasteiger partial charge in [0.1, 0.15) is 5.69 Å². The number of nitrogens with zero attached hydrogens (tertiary/aromatic N) is 3. The number of aromatic nitrogens is 4. The predicted molar refractivity (Wildman–Crippen MR) is 65.1 cm³/mol. The van der Waals surface area contributed by atoms with Gasteiger partial charge in [0.2, 0.25) is 0 Å². The summed E-state index contributed by atoms with van der Waals surface area (Å²) in [6.45, 7) is 0. The minimum atomic E-state index is -0.995. The number of carboxylic acids is 1. The number of aromatic amines is 1. The lowest BCUT2D eigenvalue weighted by Crippen LogP contribution is -1.99. The summed E-state index contributed by atoms with van der Waals surface area (Å²) in [7, 11) is 0. The molecule has 0 atom stereocenters. The molecule has 0 bridgehead atoms. The number of carbonyl (C=O) groups is 1. The number of pyridine rings is 1. The highest BCUT2D eigenvalue weighted by Crippen LogP contribution is 2.11. The molecule has 0 spiro atoms. The molecule has 0 saturated carbocycles. The van der Waals surface area contributed by atoms with Crippen LogP contribution >= 0.6 is 0 Å². The summed E-state index contributed by atoms with van der Waals surface area (Å²) in [4.78, 5) is 14.6. The number of hydrogen-bond donors (Lipinski definition) is 2. The maximum absolute atomic E-state index is 10.6. The third-order valence-corrected chi connectivity index (χ3v) is 2.15. The Morgan fingerprint density at radius 1 is 1.17 bits per heavy atom. The van der Waals surface area contributed by atoms with E-state index in [1.165, 1.54) is 6.07 Å². The van der Waals surface area contributed by atoms with Crippen molar-refractivity contribution in [2.45, 2.75) is 0 Å². The first kappa shape index (κ1) is 11.7. The van der Waals surface area contributed by atoms with Gasteiger partial charge < -0.3 is 5.11 Å². The Bertz CT molecular complexity index is 620. The summed E-state index contributed by atoms with van der Waals surface area (Å²) in [6, 6.07) is 10.7. The smallest absolute Gasteiger partial charge is 0.354 e. The average Bonchev–Trinajstić information content (AvgIpc) is 2.97. The summed E-state index contributed by atoms with van der Waals surface area (Å²) >= 11 is 0. The molecule has 2 heterocycles. The standard InChI is InChI=1S/C10H7NO2.C2H3N3/c12-10(13)9-6-5-7-3-1-2-4-8(7)11-9;1-2-4-5-3-1/h1-6H,(H,12,13);1-2H,(H,3,4,5). The summed E-state index contributed by atoms with van der Waals surface area (Å²) in [6.07, 6.45) is 3.24. The van der Waals surface area contributed by atoms with Crippen molar-refractivity contribution in [1.82, 2.24) is 20.4 Å². The fraction of sp³-hybridized carbons (Fsp3) is 0. The molecule has 2 N–H and O–H groups in total. The second-order valence-electron chi connectivity index (χ2n) is 3.35. The number of para-hydroxylation sites is 1. The van der Waals surface area contributed by atoms with Crippen LogP contribution in [0.5, 0.6) is 0 Å². The monoisotopic (exact) mass is 242 g/mol. The fourth-order valence-corrected chi connectivity index (χ4v) is 1.35. The highest BCUT2D eigenvalue weighted by Gasteiger charge is 2.03. The van der Waals surface area contributed by atoms with Crippen LogP contribution in [0.1, 0.15) is 10.5 Å². The number of aromatic carboxylic acids is 1. The number of nitrogens with one attached hydrogen (secondary N) is 1. The lowest BCUT2D eigenvalue weighted by atomic mass is 10.2. The van der Waals surface area contributed by atoms with Gasteiger partial charge in [-0.25, -0.2) is 9.78 Å². The number of hydrogen-bond acceptors (Lipinski definition) is 4. The Balaban J connectivity index is 0.000000202. The van der Waals surface area contributed by atoms with Crippen molar-refractivity contribution < 1.29 is 9.90 Å². The molecule has 0 amide bonds. The molecule has 0 fully saturated rings. The van der Waals surface area contributed by atoms with Gasteiger partial charge in [-0.1, -0.05) is 29.5 Å². The molecule has 0 aliphatic rings. The van der Waals surface area contributed by atoms with Gasteiger partial charge in [-0.15, -0.1) is 5.10 Å². The minimum absolute atomic E-state index is 0.0821. The Morgan fingerprint density at radius 3 is 2.61 bits per heavy atom. The first-order valence-electron chi connectivity index (χ1n) is 5.17. The van der Waals surface area contributed by atoms with Gasteiger partial charge in [0, 0.05) is 11.6 Å². The molecule has 3 aromatic rings. The lowest BCUT2D eigenvalue weighted by molar-refractivity contribution is 0.0691. The van der Waals surface area contributed by atoms with E-state index in [2.05, 4.69) is 20.4 Å². The molecule has 6 heteroatoms. The SMILES string of the molecule is O=C(O)c1ccc2ccccc2n1.c1c[nH]nn1. The van der Waals surface area contributed by atoms with Crippen molar-refractivity contribution in [3.05, 3.63) is 54.5 Å². The van der Waals surface area contributed by atoms with Gasteiger partial charge in [0.05, 0.1) is 11.7 Å². The van der Waals surface area contributed by atoms with Gasteiger partial charge in [-0.05, 0) is 12.1 Å². The Labute approximate surface area is 102 Å². The van der Waals surface area contributed by atoms with E-state index in [4.69, 9.17) is 5.11 Å². The Morgan fingerprint density at radius 2 is 2.00 bits per heavy atom. The number of benzene rings is 1. The quantitative estimate of drug-likeness (QED) is 0.678. The zero-order valence-corrected chi connectivity index (χ0v) is 9.32. The van der Waals surface area contributed by atoms with Crippen molar-refractivity contribution in [1.29, 1.82) is 0 Å². The Kier molecular flexibility index (Phi) is 3.60. The molecule has 2 aromatic heterocycles. The topological polar surface area (TPSA) is 91.8 Å². The van der Waals surface area contributed by atoms with Crippen molar-refractivity contribution in [2.75, 3.05) is 0 Å². The largest absolute Gasteiger partial charge is 0.477 e. The second kappa shape index (κ2) is 5.53. The first-order valence-corrected chi connectivity index (χ1v) is 5.17. The lowest BCUT2D eigenvalue weighted by Gasteiger charge is -1.97. The van der Waals surface area contributed by atoms with Crippen LogP contribution in [0.25, 0.3) is 10.9 Å². The summed E-state index contributed by atoms with van der Waals surface area (Å²) < 4.78 is 0. The van der Waals surface area contributed by atoms with Gasteiger partial charge in [-0.3, -0.25) is 5.10 Å². The molecule has 1 aromatic carbocycles. The molecule has 0 saturated heterocycles. The Hall–Kier alpha value is -2.76. The summed E-state index contributed by atoms with van der Waals surface area (Å²) in [5.74, 6) is -0.995. The van der Waals surface area contributed by atoms with Crippen LogP contribution < -0.4 is 0 Å². The van der Waals surface area contributed by atoms with Crippen LogP contribution in [-0.2, 0) is 0 Å². The zero-order chi connectivity index (χ0) is 12.8. The van der Waals surface area contributed by atoms with Crippen molar-refractivity contribution in [3.8, 4) is 0 Å². The molecule has 18 heavy (non-hydrogen) atoms. The van der Waals surface area contributed by atoms with E-state index in [1.54, 1.807) is 24.5 Å².